The third-order valence-electron chi connectivity index (χ3n) is 2.24. The lowest BCUT2D eigenvalue weighted by Gasteiger charge is -2.14. The highest BCUT2D eigenvalue weighted by Gasteiger charge is 2.18. The maximum Gasteiger partial charge on any atom is 0.240 e. The topological polar surface area (TPSA) is 61.7 Å². The minimum absolute atomic E-state index is 0.0686. The molecule has 0 saturated carbocycles. The molecule has 0 unspecified atom stereocenters. The molecule has 0 fully saturated rings. The van der Waals surface area contributed by atoms with Crippen molar-refractivity contribution in [2.75, 3.05) is 0 Å². The maximum absolute atomic E-state index is 10.9. The molecule has 6 heteroatoms. The lowest BCUT2D eigenvalue weighted by Crippen LogP contribution is -2.25. The molecule has 1 aromatic rings. The van der Waals surface area contributed by atoms with E-state index in [1.165, 1.54) is 6.07 Å². The second-order valence-electron chi connectivity index (χ2n) is 3.38. The van der Waals surface area contributed by atoms with E-state index in [-0.39, 0.29) is 16.7 Å². The summed E-state index contributed by atoms with van der Waals surface area (Å²) in [6, 6.07) is 3.02. The smallest absolute Gasteiger partial charge is 0.240 e. The molecule has 1 amide bonds. The van der Waals surface area contributed by atoms with Crippen molar-refractivity contribution in [3.8, 4) is 5.75 Å². The molecule has 0 aromatic heterocycles. The monoisotopic (exact) mass is 258 g/mol. The van der Waals surface area contributed by atoms with Crippen molar-refractivity contribution in [3.63, 3.8) is 0 Å². The van der Waals surface area contributed by atoms with Crippen molar-refractivity contribution in [2.24, 2.45) is 5.10 Å². The number of hydrazone groups is 1. The lowest BCUT2D eigenvalue weighted by molar-refractivity contribution is -0.121. The molecule has 2 N–H and O–H groups in total. The minimum Gasteiger partial charge on any atom is -0.506 e. The fourth-order valence-electron chi connectivity index (χ4n) is 1.45. The minimum atomic E-state index is -0.142. The number of phenolic OH excluding ortho intramolecular Hbond substituents is 1. The van der Waals surface area contributed by atoms with Gasteiger partial charge in [0, 0.05) is 23.4 Å². The number of carbonyl (C=O) groups excluding carboxylic acids is 1. The summed E-state index contributed by atoms with van der Waals surface area (Å²) < 4.78 is 0. The Morgan fingerprint density at radius 1 is 1.31 bits per heavy atom. The molecule has 16 heavy (non-hydrogen) atoms. The van der Waals surface area contributed by atoms with Crippen molar-refractivity contribution < 1.29 is 9.90 Å². The Balaban J connectivity index is 2.44. The van der Waals surface area contributed by atoms with Gasteiger partial charge < -0.3 is 5.11 Å². The van der Waals surface area contributed by atoms with E-state index in [2.05, 4.69) is 10.5 Å². The molecule has 1 aromatic carbocycles. The molecule has 1 heterocycles. The Bertz CT molecular complexity index is 486. The number of amides is 1. The van der Waals surface area contributed by atoms with E-state index in [0.717, 1.165) is 0 Å². The van der Waals surface area contributed by atoms with E-state index < -0.39 is 0 Å². The molecule has 0 aliphatic carbocycles. The molecule has 0 bridgehead atoms. The number of hydrogen-bond donors (Lipinski definition) is 2. The van der Waals surface area contributed by atoms with Crippen LogP contribution in [-0.4, -0.2) is 16.7 Å². The zero-order valence-corrected chi connectivity index (χ0v) is 9.64. The first-order chi connectivity index (χ1) is 7.58. The van der Waals surface area contributed by atoms with E-state index in [1.54, 1.807) is 6.07 Å². The van der Waals surface area contributed by atoms with Gasteiger partial charge in [-0.05, 0) is 12.1 Å². The van der Waals surface area contributed by atoms with Crippen LogP contribution in [0, 0.1) is 0 Å². The Hall–Kier alpha value is -1.26. The highest BCUT2D eigenvalue weighted by molar-refractivity contribution is 6.36. The summed E-state index contributed by atoms with van der Waals surface area (Å²) in [5.41, 5.74) is 3.38. The van der Waals surface area contributed by atoms with E-state index in [0.29, 0.717) is 29.1 Å². The molecular formula is C10H8Cl2N2O2. The van der Waals surface area contributed by atoms with Gasteiger partial charge in [0.1, 0.15) is 5.75 Å². The molecular weight excluding hydrogens is 251 g/mol. The van der Waals surface area contributed by atoms with Gasteiger partial charge in [0.25, 0.3) is 0 Å². The number of aromatic hydroxyl groups is 1. The van der Waals surface area contributed by atoms with Crippen LogP contribution in [0.4, 0.5) is 0 Å². The SMILES string of the molecule is O=C1CCC(c2cc(Cl)cc(Cl)c2O)=NN1. The predicted molar refractivity (Wildman–Crippen MR) is 62.0 cm³/mol. The zero-order valence-electron chi connectivity index (χ0n) is 8.13. The summed E-state index contributed by atoms with van der Waals surface area (Å²) in [6.07, 6.45) is 0.790. The highest BCUT2D eigenvalue weighted by Crippen LogP contribution is 2.32. The lowest BCUT2D eigenvalue weighted by atomic mass is 10.0. The van der Waals surface area contributed by atoms with Gasteiger partial charge in [-0.3, -0.25) is 4.79 Å². The third kappa shape index (κ3) is 2.13. The van der Waals surface area contributed by atoms with Crippen molar-refractivity contribution >= 4 is 34.8 Å². The van der Waals surface area contributed by atoms with Crippen LogP contribution in [0.5, 0.6) is 5.75 Å². The Morgan fingerprint density at radius 2 is 2.06 bits per heavy atom. The zero-order chi connectivity index (χ0) is 11.7. The second kappa shape index (κ2) is 4.31. The first-order valence-corrected chi connectivity index (χ1v) is 5.37. The quantitative estimate of drug-likeness (QED) is 0.812. The fourth-order valence-corrected chi connectivity index (χ4v) is 1.95. The van der Waals surface area contributed by atoms with Gasteiger partial charge in [0.05, 0.1) is 10.7 Å². The van der Waals surface area contributed by atoms with E-state index >= 15 is 0 Å². The molecule has 84 valence electrons. The standard InChI is InChI=1S/C10H8Cl2N2O2/c11-5-3-6(10(16)7(12)4-5)8-1-2-9(15)14-13-8/h3-4,16H,1-2H2,(H,14,15). The molecule has 4 nitrogen and oxygen atoms in total. The summed E-state index contributed by atoms with van der Waals surface area (Å²) >= 11 is 11.6. The summed E-state index contributed by atoms with van der Waals surface area (Å²) in [7, 11) is 0. The Kier molecular flexibility index (Phi) is 3.03. The molecule has 0 radical (unpaired) electrons. The number of phenols is 1. The molecule has 1 aliphatic rings. The number of rotatable bonds is 1. The van der Waals surface area contributed by atoms with E-state index in [9.17, 15) is 9.90 Å². The average Bonchev–Trinajstić information content (AvgIpc) is 2.25. The maximum atomic E-state index is 10.9. The van der Waals surface area contributed by atoms with Crippen LogP contribution < -0.4 is 5.43 Å². The summed E-state index contributed by atoms with van der Waals surface area (Å²) in [6.45, 7) is 0. The number of hydrogen-bond acceptors (Lipinski definition) is 3. The Labute approximate surface area is 102 Å². The second-order valence-corrected chi connectivity index (χ2v) is 4.22. The molecule has 0 atom stereocenters. The average molecular weight is 259 g/mol. The van der Waals surface area contributed by atoms with Gasteiger partial charge in [0.15, 0.2) is 0 Å². The largest absolute Gasteiger partial charge is 0.506 e. The van der Waals surface area contributed by atoms with Crippen LogP contribution in [0.3, 0.4) is 0 Å². The highest BCUT2D eigenvalue weighted by atomic mass is 35.5. The van der Waals surface area contributed by atoms with Crippen LogP contribution >= 0.6 is 23.2 Å². The molecule has 0 spiro atoms. The van der Waals surface area contributed by atoms with Crippen LogP contribution in [0.1, 0.15) is 18.4 Å². The number of nitrogens with zero attached hydrogens (tertiary/aromatic N) is 1. The summed E-state index contributed by atoms with van der Waals surface area (Å²) in [5.74, 6) is -0.211. The van der Waals surface area contributed by atoms with Gasteiger partial charge in [-0.2, -0.15) is 5.10 Å². The number of halogens is 2. The summed E-state index contributed by atoms with van der Waals surface area (Å²) in [4.78, 5) is 10.9. The van der Waals surface area contributed by atoms with Crippen molar-refractivity contribution in [1.82, 2.24) is 5.43 Å². The van der Waals surface area contributed by atoms with E-state index in [4.69, 9.17) is 23.2 Å². The van der Waals surface area contributed by atoms with Crippen LogP contribution in [0.2, 0.25) is 10.0 Å². The van der Waals surface area contributed by atoms with Gasteiger partial charge >= 0.3 is 0 Å². The molecule has 1 aliphatic heterocycles. The third-order valence-corrected chi connectivity index (χ3v) is 2.75. The van der Waals surface area contributed by atoms with Gasteiger partial charge in [0.2, 0.25) is 5.91 Å². The molecule has 0 saturated heterocycles. The normalized spacial score (nSPS) is 15.6. The fraction of sp³-hybridized carbons (Fsp3) is 0.200. The van der Waals surface area contributed by atoms with Crippen LogP contribution in [-0.2, 0) is 4.79 Å². The van der Waals surface area contributed by atoms with E-state index in [1.807, 2.05) is 0 Å². The van der Waals surface area contributed by atoms with Crippen molar-refractivity contribution in [1.29, 1.82) is 0 Å². The van der Waals surface area contributed by atoms with Crippen LogP contribution in [0.25, 0.3) is 0 Å². The van der Waals surface area contributed by atoms with Gasteiger partial charge in [-0.1, -0.05) is 23.2 Å². The number of carbonyl (C=O) groups is 1. The van der Waals surface area contributed by atoms with Gasteiger partial charge in [-0.15, -0.1) is 0 Å². The summed E-state index contributed by atoms with van der Waals surface area (Å²) in [5, 5.41) is 14.2. The van der Waals surface area contributed by atoms with Crippen molar-refractivity contribution in [2.45, 2.75) is 12.8 Å². The first-order valence-electron chi connectivity index (χ1n) is 4.61. The van der Waals surface area contributed by atoms with Gasteiger partial charge in [-0.25, -0.2) is 5.43 Å². The first kappa shape index (κ1) is 11.2. The molecule has 2 rings (SSSR count). The van der Waals surface area contributed by atoms with Crippen LogP contribution in [0.15, 0.2) is 17.2 Å². The van der Waals surface area contributed by atoms with Crippen molar-refractivity contribution in [3.05, 3.63) is 27.7 Å². The number of benzene rings is 1. The number of nitrogens with one attached hydrogen (secondary N) is 1. The predicted octanol–water partition coefficient (Wildman–Crippen LogP) is 2.31. The Morgan fingerprint density at radius 3 is 2.69 bits per heavy atom.